The minimum Gasteiger partial charge on any atom is -0.489 e. The highest BCUT2D eigenvalue weighted by Crippen LogP contribution is 2.32. The second-order valence-electron chi connectivity index (χ2n) is 7.77. The first kappa shape index (κ1) is 22.4. The van der Waals surface area contributed by atoms with E-state index >= 15 is 0 Å². The molecule has 1 aliphatic heterocycles. The van der Waals surface area contributed by atoms with E-state index in [0.717, 1.165) is 17.7 Å². The fraction of sp³-hybridized carbons (Fsp3) is 0.261. The van der Waals surface area contributed by atoms with Crippen LogP contribution >= 0.6 is 0 Å². The number of aromatic nitrogens is 2. The molecule has 0 saturated carbocycles. The van der Waals surface area contributed by atoms with Gasteiger partial charge in [0.05, 0.1) is 5.69 Å². The summed E-state index contributed by atoms with van der Waals surface area (Å²) < 4.78 is 45.2. The van der Waals surface area contributed by atoms with Crippen LogP contribution in [-0.4, -0.2) is 29.0 Å². The van der Waals surface area contributed by atoms with Crippen molar-refractivity contribution in [3.05, 3.63) is 70.7 Å². The van der Waals surface area contributed by atoms with Gasteiger partial charge in [-0.2, -0.15) is 4.98 Å². The number of aryl methyl sites for hydroxylation is 1. The Morgan fingerprint density at radius 1 is 1.09 bits per heavy atom. The molecule has 1 atom stereocenters. The molecule has 0 bridgehead atoms. The number of fused-ring (bicyclic) bond motifs is 1. The van der Waals surface area contributed by atoms with E-state index in [4.69, 9.17) is 4.74 Å². The monoisotopic (exact) mass is 457 g/mol. The van der Waals surface area contributed by atoms with E-state index in [-0.39, 0.29) is 24.1 Å². The van der Waals surface area contributed by atoms with Gasteiger partial charge in [0.1, 0.15) is 24.1 Å². The fourth-order valence-corrected chi connectivity index (χ4v) is 3.37. The van der Waals surface area contributed by atoms with Crippen molar-refractivity contribution < 1.29 is 22.7 Å². The first-order chi connectivity index (χ1) is 15.7. The van der Waals surface area contributed by atoms with E-state index < -0.39 is 17.5 Å². The number of amides is 1. The molecule has 0 fully saturated rings. The molecule has 1 amide bonds. The Hall–Kier alpha value is -3.82. The van der Waals surface area contributed by atoms with Crippen LogP contribution in [0.15, 0.2) is 36.4 Å². The summed E-state index contributed by atoms with van der Waals surface area (Å²) in [6, 6.07) is 8.56. The van der Waals surface area contributed by atoms with Crippen LogP contribution in [0.4, 0.5) is 30.6 Å². The van der Waals surface area contributed by atoms with Crippen LogP contribution in [0.5, 0.6) is 5.75 Å². The first-order valence-electron chi connectivity index (χ1n) is 10.2. The van der Waals surface area contributed by atoms with Gasteiger partial charge in [-0.15, -0.1) is 0 Å². The molecule has 1 aromatic heterocycles. The van der Waals surface area contributed by atoms with E-state index in [1.807, 2.05) is 19.2 Å². The lowest BCUT2D eigenvalue weighted by Gasteiger charge is -2.32. The van der Waals surface area contributed by atoms with Gasteiger partial charge >= 0.3 is 0 Å². The highest BCUT2D eigenvalue weighted by molar-refractivity contribution is 6.03. The molecule has 7 nitrogen and oxygen atoms in total. The van der Waals surface area contributed by atoms with Gasteiger partial charge in [0.2, 0.25) is 11.9 Å². The van der Waals surface area contributed by atoms with E-state index in [1.54, 1.807) is 30.9 Å². The molecule has 10 heteroatoms. The third-order valence-electron chi connectivity index (χ3n) is 5.44. The standard InChI is InChI=1S/C23H22F3N5O2/c1-12-20-21(31(3)13(2)22(32)29-20)30-23(28-12)27-10-14-4-6-16(7-5-14)33-11-15-8-17(24)19(26)18(25)9-15/h4-9,13H,10-11H2,1-3H3,(H,29,32)(H,27,28,30)/t13-/m0/s1. The molecule has 2 aromatic carbocycles. The Kier molecular flexibility index (Phi) is 6.08. The first-order valence-corrected chi connectivity index (χ1v) is 10.2. The van der Waals surface area contributed by atoms with Crippen LogP contribution in [0.3, 0.4) is 0 Å². The summed E-state index contributed by atoms with van der Waals surface area (Å²) in [5.41, 5.74) is 2.38. The maximum absolute atomic E-state index is 13.3. The zero-order valence-electron chi connectivity index (χ0n) is 18.2. The highest BCUT2D eigenvalue weighted by atomic mass is 19.2. The Bertz CT molecular complexity index is 1180. The van der Waals surface area contributed by atoms with Crippen molar-refractivity contribution >= 4 is 23.4 Å². The maximum Gasteiger partial charge on any atom is 0.246 e. The summed E-state index contributed by atoms with van der Waals surface area (Å²) in [5, 5.41) is 6.01. The molecule has 0 saturated heterocycles. The summed E-state index contributed by atoms with van der Waals surface area (Å²) in [5.74, 6) is -2.53. The molecule has 4 rings (SSSR count). The number of hydrogen-bond acceptors (Lipinski definition) is 6. The van der Waals surface area contributed by atoms with Crippen molar-refractivity contribution in [1.29, 1.82) is 0 Å². The number of carbonyl (C=O) groups excluding carboxylic acids is 1. The Morgan fingerprint density at radius 2 is 1.76 bits per heavy atom. The summed E-state index contributed by atoms with van der Waals surface area (Å²) >= 11 is 0. The molecule has 2 heterocycles. The number of halogens is 3. The van der Waals surface area contributed by atoms with Gasteiger partial charge in [0.15, 0.2) is 23.3 Å². The highest BCUT2D eigenvalue weighted by Gasteiger charge is 2.30. The lowest BCUT2D eigenvalue weighted by Crippen LogP contribution is -2.44. The summed E-state index contributed by atoms with van der Waals surface area (Å²) in [4.78, 5) is 22.8. The topological polar surface area (TPSA) is 79.4 Å². The number of ether oxygens (including phenoxy) is 1. The Morgan fingerprint density at radius 3 is 2.42 bits per heavy atom. The minimum absolute atomic E-state index is 0.101. The van der Waals surface area contributed by atoms with Gasteiger partial charge in [0.25, 0.3) is 0 Å². The molecule has 3 aromatic rings. The number of hydrogen-bond donors (Lipinski definition) is 2. The second kappa shape index (κ2) is 8.97. The molecule has 0 aliphatic carbocycles. The summed E-state index contributed by atoms with van der Waals surface area (Å²) in [7, 11) is 1.81. The van der Waals surface area contributed by atoms with Gasteiger partial charge in [-0.1, -0.05) is 12.1 Å². The molecule has 0 spiro atoms. The van der Waals surface area contributed by atoms with Crippen molar-refractivity contribution in [2.45, 2.75) is 33.0 Å². The number of benzene rings is 2. The third-order valence-corrected chi connectivity index (χ3v) is 5.44. The van der Waals surface area contributed by atoms with E-state index in [2.05, 4.69) is 20.6 Å². The largest absolute Gasteiger partial charge is 0.489 e. The van der Waals surface area contributed by atoms with E-state index in [1.165, 1.54) is 0 Å². The SMILES string of the molecule is Cc1nc(NCc2ccc(OCc3cc(F)c(F)c(F)c3)cc2)nc2c1NC(=O)[C@H](C)N2C. The van der Waals surface area contributed by atoms with Crippen LogP contribution in [0, 0.1) is 24.4 Å². The van der Waals surface area contributed by atoms with Crippen molar-refractivity contribution in [1.82, 2.24) is 9.97 Å². The normalized spacial score (nSPS) is 15.2. The lowest BCUT2D eigenvalue weighted by molar-refractivity contribution is -0.117. The number of carbonyl (C=O) groups is 1. The van der Waals surface area contributed by atoms with Crippen molar-refractivity contribution in [2.24, 2.45) is 0 Å². The van der Waals surface area contributed by atoms with Gasteiger partial charge in [-0.3, -0.25) is 4.79 Å². The second-order valence-corrected chi connectivity index (χ2v) is 7.77. The van der Waals surface area contributed by atoms with Gasteiger partial charge in [0, 0.05) is 13.6 Å². The predicted molar refractivity (Wildman–Crippen MR) is 118 cm³/mol. The van der Waals surface area contributed by atoms with Gasteiger partial charge in [-0.05, 0) is 49.2 Å². The quantitative estimate of drug-likeness (QED) is 0.541. The molecule has 172 valence electrons. The van der Waals surface area contributed by atoms with Crippen LogP contribution in [-0.2, 0) is 17.9 Å². The van der Waals surface area contributed by atoms with Crippen LogP contribution < -0.4 is 20.3 Å². The fourth-order valence-electron chi connectivity index (χ4n) is 3.37. The van der Waals surface area contributed by atoms with Crippen molar-refractivity contribution in [3.8, 4) is 5.75 Å². The number of nitrogens with one attached hydrogen (secondary N) is 2. The van der Waals surface area contributed by atoms with Crippen LogP contribution in [0.25, 0.3) is 0 Å². The maximum atomic E-state index is 13.3. The smallest absolute Gasteiger partial charge is 0.246 e. The third kappa shape index (κ3) is 4.69. The average Bonchev–Trinajstić information content (AvgIpc) is 2.79. The van der Waals surface area contributed by atoms with Crippen molar-refractivity contribution in [3.63, 3.8) is 0 Å². The number of nitrogens with zero attached hydrogens (tertiary/aromatic N) is 3. The molecule has 0 radical (unpaired) electrons. The molecular formula is C23H22F3N5O2. The molecule has 33 heavy (non-hydrogen) atoms. The molecular weight excluding hydrogens is 435 g/mol. The lowest BCUT2D eigenvalue weighted by atomic mass is 10.2. The van der Waals surface area contributed by atoms with Crippen LogP contribution in [0.1, 0.15) is 23.7 Å². The number of likely N-dealkylation sites (N-methyl/N-ethyl adjacent to an activating group) is 1. The van der Waals surface area contributed by atoms with Gasteiger partial charge < -0.3 is 20.3 Å². The molecule has 2 N–H and O–H groups in total. The zero-order chi connectivity index (χ0) is 23.7. The number of rotatable bonds is 6. The Balaban J connectivity index is 1.38. The predicted octanol–water partition coefficient (Wildman–Crippen LogP) is 4.17. The molecule has 0 unspecified atom stereocenters. The summed E-state index contributed by atoms with van der Waals surface area (Å²) in [6.07, 6.45) is 0. The minimum atomic E-state index is -1.50. The number of anilines is 3. The molecule has 1 aliphatic rings. The van der Waals surface area contributed by atoms with E-state index in [0.29, 0.717) is 35.4 Å². The van der Waals surface area contributed by atoms with Gasteiger partial charge in [-0.25, -0.2) is 18.2 Å². The zero-order valence-corrected chi connectivity index (χ0v) is 18.2. The summed E-state index contributed by atoms with van der Waals surface area (Å²) in [6.45, 7) is 3.95. The van der Waals surface area contributed by atoms with E-state index in [9.17, 15) is 18.0 Å². The van der Waals surface area contributed by atoms with Crippen molar-refractivity contribution in [2.75, 3.05) is 22.6 Å². The Labute approximate surface area is 188 Å². The average molecular weight is 457 g/mol. The van der Waals surface area contributed by atoms with Crippen LogP contribution in [0.2, 0.25) is 0 Å².